The van der Waals surface area contributed by atoms with E-state index in [9.17, 15) is 23.0 Å². The van der Waals surface area contributed by atoms with Gasteiger partial charge in [0.2, 0.25) is 0 Å². The second-order valence-electron chi connectivity index (χ2n) is 14.6. The van der Waals surface area contributed by atoms with E-state index in [2.05, 4.69) is 13.8 Å². The van der Waals surface area contributed by atoms with Gasteiger partial charge in [0.1, 0.15) is 0 Å². The molecule has 3 unspecified atom stereocenters. The Morgan fingerprint density at radius 2 is 0.959 bits per heavy atom. The van der Waals surface area contributed by atoms with Crippen LogP contribution in [0.1, 0.15) is 200 Å². The van der Waals surface area contributed by atoms with Crippen molar-refractivity contribution >= 4 is 17.4 Å². The Hall–Kier alpha value is -0.0200. The summed E-state index contributed by atoms with van der Waals surface area (Å²) < 4.78 is 49.6. The van der Waals surface area contributed by atoms with E-state index in [0.717, 1.165) is 38.5 Å². The highest BCUT2D eigenvalue weighted by atomic mass is 32.2. The second-order valence-corrected chi connectivity index (χ2v) is 18.8. The van der Waals surface area contributed by atoms with Crippen LogP contribution in [-0.2, 0) is 23.7 Å². The largest absolute Gasteiger partial charge is 0.394 e. The quantitative estimate of drug-likeness (QED) is 0.0418. The molecule has 8 nitrogen and oxygen atoms in total. The maximum Gasteiger partial charge on any atom is 0.328 e. The third-order valence-corrected chi connectivity index (χ3v) is 12.7. The number of hydrogen-bond donors (Lipinski definition) is 3. The van der Waals surface area contributed by atoms with Gasteiger partial charge in [0, 0.05) is 6.61 Å². The number of unbranched alkanes of at least 4 members (excludes halogenated alkanes) is 26. The van der Waals surface area contributed by atoms with Crippen LogP contribution in [-0.4, -0.2) is 73.2 Å². The van der Waals surface area contributed by atoms with E-state index in [1.165, 1.54) is 135 Å². The third kappa shape index (κ3) is 36.1. The van der Waals surface area contributed by atoms with Crippen LogP contribution < -0.4 is 0 Å². The average Bonchev–Trinajstić information content (AvgIpc) is 3.07. The standard InChI is InChI=1S/C39H81O8PS/c1-3-5-7-9-11-13-15-17-19-21-23-25-27-29-32-46-39(36-47-48(42,43)33-31-38(41)35-40)37-49(44,45)34-30-28-26-24-22-20-18-16-14-12-10-8-6-4-2/h38-41H,3-37H2,1-2H3,(H,42,43). The number of hydrogen-bond acceptors (Lipinski definition) is 7. The van der Waals surface area contributed by atoms with Crippen LogP contribution in [0.25, 0.3) is 0 Å². The Balaban J connectivity index is 4.32. The van der Waals surface area contributed by atoms with Crippen LogP contribution in [0.2, 0.25) is 0 Å². The fraction of sp³-hybridized carbons (Fsp3) is 1.00. The smallest absolute Gasteiger partial charge is 0.328 e. The predicted octanol–water partition coefficient (Wildman–Crippen LogP) is 10.7. The van der Waals surface area contributed by atoms with Gasteiger partial charge >= 0.3 is 7.60 Å². The highest BCUT2D eigenvalue weighted by Gasteiger charge is 2.26. The lowest BCUT2D eigenvalue weighted by molar-refractivity contribution is 0.0287. The molecule has 0 spiro atoms. The number of ether oxygens (including phenoxy) is 1. The van der Waals surface area contributed by atoms with Gasteiger partial charge < -0.3 is 24.4 Å². The molecule has 0 amide bonds. The summed E-state index contributed by atoms with van der Waals surface area (Å²) in [5.74, 6) is -0.146. The lowest BCUT2D eigenvalue weighted by Gasteiger charge is -2.21. The maximum absolute atomic E-state index is 13.0. The van der Waals surface area contributed by atoms with Crippen molar-refractivity contribution in [2.45, 2.75) is 212 Å². The van der Waals surface area contributed by atoms with E-state index in [1.54, 1.807) is 0 Å². The molecule has 0 aliphatic heterocycles. The van der Waals surface area contributed by atoms with E-state index in [-0.39, 0.29) is 30.7 Å². The van der Waals surface area contributed by atoms with Crippen molar-refractivity contribution in [1.29, 1.82) is 0 Å². The molecule has 49 heavy (non-hydrogen) atoms. The monoisotopic (exact) mass is 741 g/mol. The lowest BCUT2D eigenvalue weighted by atomic mass is 10.0. The topological polar surface area (TPSA) is 130 Å². The first-order valence-electron chi connectivity index (χ1n) is 20.7. The van der Waals surface area contributed by atoms with Crippen molar-refractivity contribution in [3.63, 3.8) is 0 Å². The SMILES string of the molecule is CCCCCCCCCCCCCCCCOC(COP(=O)(O)CCC(O)CO)CS(=O)(=O)CCCCCCCCCCCCCCCC. The highest BCUT2D eigenvalue weighted by Crippen LogP contribution is 2.43. The Kier molecular flexibility index (Phi) is 35.0. The molecule has 0 aliphatic carbocycles. The molecule has 0 bridgehead atoms. The third-order valence-electron chi connectivity index (χ3n) is 9.52. The number of rotatable bonds is 40. The van der Waals surface area contributed by atoms with Crippen LogP contribution in [0.15, 0.2) is 0 Å². The van der Waals surface area contributed by atoms with E-state index < -0.39 is 36.2 Å². The molecule has 0 radical (unpaired) electrons. The minimum Gasteiger partial charge on any atom is -0.394 e. The zero-order valence-corrected chi connectivity index (χ0v) is 33.9. The summed E-state index contributed by atoms with van der Waals surface area (Å²) in [4.78, 5) is 10.2. The maximum atomic E-state index is 13.0. The minimum absolute atomic E-state index is 0.0771. The van der Waals surface area contributed by atoms with Gasteiger partial charge in [-0.2, -0.15) is 0 Å². The summed E-state index contributed by atoms with van der Waals surface area (Å²) >= 11 is 0. The Bertz CT molecular complexity index is 841. The molecule has 3 N–H and O–H groups in total. The summed E-state index contributed by atoms with van der Waals surface area (Å²) in [6.45, 7) is 4.10. The van der Waals surface area contributed by atoms with Crippen molar-refractivity contribution in [3.8, 4) is 0 Å². The van der Waals surface area contributed by atoms with Gasteiger partial charge in [-0.25, -0.2) is 8.42 Å². The summed E-state index contributed by atoms with van der Waals surface area (Å²) in [5.41, 5.74) is 0. The molecular formula is C39H81O8PS. The molecule has 0 aliphatic rings. The predicted molar refractivity (Wildman–Crippen MR) is 207 cm³/mol. The summed E-state index contributed by atoms with van der Waals surface area (Å²) in [6, 6.07) is 0. The molecule has 0 saturated heterocycles. The highest BCUT2D eigenvalue weighted by molar-refractivity contribution is 7.91. The molecule has 0 aromatic heterocycles. The second kappa shape index (κ2) is 35.0. The van der Waals surface area contributed by atoms with Gasteiger partial charge in [0.15, 0.2) is 9.84 Å². The Morgan fingerprint density at radius 3 is 1.35 bits per heavy atom. The van der Waals surface area contributed by atoms with Crippen LogP contribution in [0.4, 0.5) is 0 Å². The van der Waals surface area contributed by atoms with Gasteiger partial charge in [-0.1, -0.05) is 181 Å². The molecule has 0 heterocycles. The molecule has 0 saturated carbocycles. The summed E-state index contributed by atoms with van der Waals surface area (Å²) in [7, 11) is -7.47. The van der Waals surface area contributed by atoms with Crippen LogP contribution in [0, 0.1) is 0 Å². The van der Waals surface area contributed by atoms with E-state index >= 15 is 0 Å². The average molecular weight is 741 g/mol. The van der Waals surface area contributed by atoms with Crippen molar-refractivity contribution in [2.24, 2.45) is 0 Å². The zero-order chi connectivity index (χ0) is 36.3. The number of aliphatic hydroxyl groups is 2. The fourth-order valence-electron chi connectivity index (χ4n) is 6.24. The van der Waals surface area contributed by atoms with Crippen molar-refractivity contribution in [2.75, 3.05) is 37.5 Å². The Labute approximate surface area is 303 Å². The molecule has 3 atom stereocenters. The van der Waals surface area contributed by atoms with Gasteiger partial charge in [0.25, 0.3) is 0 Å². The van der Waals surface area contributed by atoms with Gasteiger partial charge in [0.05, 0.1) is 43.1 Å². The van der Waals surface area contributed by atoms with E-state index in [4.69, 9.17) is 14.4 Å². The van der Waals surface area contributed by atoms with E-state index in [0.29, 0.717) is 13.0 Å². The number of sulfone groups is 1. The molecule has 0 rings (SSSR count). The molecule has 296 valence electrons. The summed E-state index contributed by atoms with van der Waals surface area (Å²) in [5, 5.41) is 18.5. The fourth-order valence-corrected chi connectivity index (χ4v) is 8.96. The van der Waals surface area contributed by atoms with Gasteiger partial charge in [-0.3, -0.25) is 4.57 Å². The first-order valence-corrected chi connectivity index (χ1v) is 24.3. The van der Waals surface area contributed by atoms with Crippen molar-refractivity contribution in [3.05, 3.63) is 0 Å². The van der Waals surface area contributed by atoms with Crippen LogP contribution in [0.5, 0.6) is 0 Å². The number of aliphatic hydroxyl groups excluding tert-OH is 2. The van der Waals surface area contributed by atoms with Crippen molar-refractivity contribution in [1.82, 2.24) is 0 Å². The Morgan fingerprint density at radius 1 is 0.592 bits per heavy atom. The molecular weight excluding hydrogens is 659 g/mol. The molecule has 0 aromatic rings. The minimum atomic E-state index is -4.05. The van der Waals surface area contributed by atoms with Gasteiger partial charge in [-0.15, -0.1) is 0 Å². The summed E-state index contributed by atoms with van der Waals surface area (Å²) in [6.07, 6.45) is 32.1. The first kappa shape index (κ1) is 49.0. The van der Waals surface area contributed by atoms with Gasteiger partial charge in [-0.05, 0) is 19.3 Å². The zero-order valence-electron chi connectivity index (χ0n) is 32.1. The van der Waals surface area contributed by atoms with E-state index in [1.807, 2.05) is 0 Å². The van der Waals surface area contributed by atoms with Crippen molar-refractivity contribution < 1.29 is 37.3 Å². The molecule has 0 fully saturated rings. The van der Waals surface area contributed by atoms with Crippen LogP contribution >= 0.6 is 7.60 Å². The van der Waals surface area contributed by atoms with Crippen LogP contribution in [0.3, 0.4) is 0 Å². The normalized spacial score (nSPS) is 14.6. The lowest BCUT2D eigenvalue weighted by Crippen LogP contribution is -2.30. The molecule has 0 aromatic carbocycles. The first-order chi connectivity index (χ1) is 23.7. The molecule has 10 heteroatoms.